The van der Waals surface area contributed by atoms with Gasteiger partial charge in [0.25, 0.3) is 5.91 Å². The van der Waals surface area contributed by atoms with E-state index in [1.165, 1.54) is 51.5 Å². The number of fused-ring (bicyclic) bond motifs is 1. The van der Waals surface area contributed by atoms with E-state index in [9.17, 15) is 22.8 Å². The highest BCUT2D eigenvalue weighted by molar-refractivity contribution is 6.05. The van der Waals surface area contributed by atoms with E-state index in [0.29, 0.717) is 34.1 Å². The van der Waals surface area contributed by atoms with Gasteiger partial charge >= 0.3 is 6.18 Å². The Morgan fingerprint density at radius 1 is 0.821 bits per heavy atom. The van der Waals surface area contributed by atoms with Gasteiger partial charge < -0.3 is 29.2 Å². The molecule has 1 heterocycles. The Bertz CT molecular complexity index is 1390. The minimum Gasteiger partial charge on any atom is -0.493 e. The number of alkyl halides is 3. The molecule has 0 spiro atoms. The summed E-state index contributed by atoms with van der Waals surface area (Å²) < 4.78 is 60.7. The molecule has 39 heavy (non-hydrogen) atoms. The van der Waals surface area contributed by atoms with Gasteiger partial charge in [0.1, 0.15) is 0 Å². The Morgan fingerprint density at radius 2 is 1.38 bits per heavy atom. The number of carbonyl (C=O) groups excluding carboxylic acids is 2. The highest BCUT2D eigenvalue weighted by Crippen LogP contribution is 2.47. The molecule has 3 aromatic rings. The van der Waals surface area contributed by atoms with E-state index in [0.717, 1.165) is 12.1 Å². The van der Waals surface area contributed by atoms with Gasteiger partial charge in [-0.05, 0) is 59.7 Å². The van der Waals surface area contributed by atoms with Crippen molar-refractivity contribution in [2.24, 2.45) is 0 Å². The maximum Gasteiger partial charge on any atom is 0.416 e. The van der Waals surface area contributed by atoms with Crippen LogP contribution in [0.15, 0.2) is 54.6 Å². The Morgan fingerprint density at radius 3 is 1.95 bits per heavy atom. The van der Waals surface area contributed by atoms with Crippen LogP contribution in [-0.4, -0.2) is 52.2 Å². The van der Waals surface area contributed by atoms with Crippen LogP contribution in [0.1, 0.15) is 39.0 Å². The lowest BCUT2D eigenvalue weighted by atomic mass is 9.79. The smallest absolute Gasteiger partial charge is 0.416 e. The van der Waals surface area contributed by atoms with Gasteiger partial charge in [-0.1, -0.05) is 6.07 Å². The average Bonchev–Trinajstić information content (AvgIpc) is 2.93. The number of hydrogen-bond donors (Lipinski definition) is 1. The Labute approximate surface area is 223 Å². The number of methoxy groups -OCH3 is 4. The third kappa shape index (κ3) is 5.16. The number of halogens is 3. The third-order valence-electron chi connectivity index (χ3n) is 6.69. The zero-order valence-electron chi connectivity index (χ0n) is 21.9. The van der Waals surface area contributed by atoms with Gasteiger partial charge in [-0.3, -0.25) is 9.59 Å². The van der Waals surface area contributed by atoms with Crippen LogP contribution in [0.2, 0.25) is 0 Å². The van der Waals surface area contributed by atoms with Crippen LogP contribution in [0.3, 0.4) is 0 Å². The lowest BCUT2D eigenvalue weighted by Gasteiger charge is -2.40. The molecule has 1 N–H and O–H groups in total. The standard InChI is InChI=1S/C28H27F3N2O6/c1-33-25(15-6-11-20(36-2)21(12-15)37-3)24(18-13-22(38-4)23(39-5)14-19(18)27(33)35)26(34)32-17-9-7-16(8-10-17)28(29,30)31/h6-14,24-25H,1-5H3,(H,32,34)/t24-,25+/m1/s1. The second-order valence-electron chi connectivity index (χ2n) is 8.81. The fourth-order valence-electron chi connectivity index (χ4n) is 4.75. The molecule has 0 radical (unpaired) electrons. The number of hydrogen-bond acceptors (Lipinski definition) is 6. The molecule has 3 aromatic carbocycles. The summed E-state index contributed by atoms with van der Waals surface area (Å²) in [5, 5.41) is 2.71. The molecule has 4 rings (SSSR count). The zero-order chi connectivity index (χ0) is 28.5. The van der Waals surface area contributed by atoms with E-state index >= 15 is 0 Å². The van der Waals surface area contributed by atoms with Gasteiger partial charge in [0.05, 0.1) is 46.0 Å². The number of amides is 2. The molecule has 0 bridgehead atoms. The predicted molar refractivity (Wildman–Crippen MR) is 137 cm³/mol. The van der Waals surface area contributed by atoms with Crippen LogP contribution in [0, 0.1) is 0 Å². The van der Waals surface area contributed by atoms with Crippen molar-refractivity contribution >= 4 is 17.5 Å². The van der Waals surface area contributed by atoms with Crippen molar-refractivity contribution in [3.63, 3.8) is 0 Å². The van der Waals surface area contributed by atoms with Crippen LogP contribution >= 0.6 is 0 Å². The molecule has 0 saturated carbocycles. The van der Waals surface area contributed by atoms with Gasteiger partial charge in [0.15, 0.2) is 23.0 Å². The number of benzene rings is 3. The van der Waals surface area contributed by atoms with Crippen LogP contribution in [0.5, 0.6) is 23.0 Å². The normalized spacial score (nSPS) is 16.8. The Hall–Kier alpha value is -4.41. The number of rotatable bonds is 7. The number of ether oxygens (including phenoxy) is 4. The summed E-state index contributed by atoms with van der Waals surface area (Å²) in [7, 11) is 7.40. The summed E-state index contributed by atoms with van der Waals surface area (Å²) in [6.45, 7) is 0. The second-order valence-corrected chi connectivity index (χ2v) is 8.81. The number of carbonyl (C=O) groups is 2. The first-order chi connectivity index (χ1) is 18.5. The van der Waals surface area contributed by atoms with Crippen LogP contribution in [-0.2, 0) is 11.0 Å². The van der Waals surface area contributed by atoms with Crippen molar-refractivity contribution in [1.29, 1.82) is 0 Å². The molecule has 0 aromatic heterocycles. The number of nitrogens with zero attached hydrogens (tertiary/aromatic N) is 1. The van der Waals surface area contributed by atoms with E-state index in [4.69, 9.17) is 18.9 Å². The predicted octanol–water partition coefficient (Wildman–Crippen LogP) is 5.29. The molecule has 0 saturated heterocycles. The first-order valence-corrected chi connectivity index (χ1v) is 11.8. The number of anilines is 1. The van der Waals surface area contributed by atoms with Gasteiger partial charge in [0.2, 0.25) is 5.91 Å². The molecule has 1 aliphatic rings. The van der Waals surface area contributed by atoms with Gasteiger partial charge in [-0.2, -0.15) is 13.2 Å². The van der Waals surface area contributed by atoms with Crippen molar-refractivity contribution in [1.82, 2.24) is 4.90 Å². The number of nitrogens with one attached hydrogen (secondary N) is 1. The van der Waals surface area contributed by atoms with E-state index < -0.39 is 29.6 Å². The van der Waals surface area contributed by atoms with Crippen LogP contribution in [0.25, 0.3) is 0 Å². The summed E-state index contributed by atoms with van der Waals surface area (Å²) >= 11 is 0. The molecule has 0 aliphatic carbocycles. The van der Waals surface area contributed by atoms with Crippen molar-refractivity contribution < 1.29 is 41.7 Å². The summed E-state index contributed by atoms with van der Waals surface area (Å²) in [6.07, 6.45) is -4.51. The maximum atomic E-state index is 13.9. The monoisotopic (exact) mass is 544 g/mol. The summed E-state index contributed by atoms with van der Waals surface area (Å²) in [5.41, 5.74) is 0.519. The molecule has 1 aliphatic heterocycles. The lowest BCUT2D eigenvalue weighted by Crippen LogP contribution is -2.44. The molecular weight excluding hydrogens is 517 g/mol. The van der Waals surface area contributed by atoms with E-state index in [2.05, 4.69) is 5.32 Å². The highest BCUT2D eigenvalue weighted by Gasteiger charge is 2.44. The van der Waals surface area contributed by atoms with Crippen molar-refractivity contribution in [3.05, 3.63) is 76.9 Å². The minimum absolute atomic E-state index is 0.167. The van der Waals surface area contributed by atoms with Crippen LogP contribution in [0.4, 0.5) is 18.9 Å². The minimum atomic E-state index is -4.51. The molecule has 0 fully saturated rings. The SMILES string of the molecule is COc1ccc([C@H]2[C@H](C(=O)Nc3ccc(C(F)(F)F)cc3)c3cc(OC)c(OC)cc3C(=O)N2C)cc1OC. The molecule has 0 unspecified atom stereocenters. The van der Waals surface area contributed by atoms with Gasteiger partial charge in [-0.25, -0.2) is 0 Å². The highest BCUT2D eigenvalue weighted by atomic mass is 19.4. The summed E-state index contributed by atoms with van der Waals surface area (Å²) in [4.78, 5) is 28.9. The van der Waals surface area contributed by atoms with Gasteiger partial charge in [-0.15, -0.1) is 0 Å². The topological polar surface area (TPSA) is 86.3 Å². The molecule has 2 amide bonds. The maximum absolute atomic E-state index is 13.9. The first kappa shape index (κ1) is 27.6. The first-order valence-electron chi connectivity index (χ1n) is 11.8. The summed E-state index contributed by atoms with van der Waals surface area (Å²) in [6, 6.07) is 11.5. The quantitative estimate of drug-likeness (QED) is 0.435. The number of likely N-dealkylation sites (N-methyl/N-ethyl adjacent to an activating group) is 1. The zero-order valence-corrected chi connectivity index (χ0v) is 21.9. The van der Waals surface area contributed by atoms with E-state index in [1.54, 1.807) is 31.3 Å². The molecule has 2 atom stereocenters. The van der Waals surface area contributed by atoms with E-state index in [-0.39, 0.29) is 17.2 Å². The summed E-state index contributed by atoms with van der Waals surface area (Å²) in [5.74, 6) is -0.398. The fourth-order valence-corrected chi connectivity index (χ4v) is 4.75. The molecule has 8 nitrogen and oxygen atoms in total. The largest absolute Gasteiger partial charge is 0.493 e. The lowest BCUT2D eigenvalue weighted by molar-refractivity contribution is -0.137. The van der Waals surface area contributed by atoms with Crippen LogP contribution < -0.4 is 24.3 Å². The third-order valence-corrected chi connectivity index (χ3v) is 6.69. The molecular formula is C28H27F3N2O6. The van der Waals surface area contributed by atoms with E-state index in [1.807, 2.05) is 0 Å². The average molecular weight is 545 g/mol. The van der Waals surface area contributed by atoms with Crippen molar-refractivity contribution in [2.75, 3.05) is 40.8 Å². The van der Waals surface area contributed by atoms with Crippen molar-refractivity contribution in [2.45, 2.75) is 18.1 Å². The Balaban J connectivity index is 1.85. The van der Waals surface area contributed by atoms with Gasteiger partial charge in [0, 0.05) is 18.3 Å². The second kappa shape index (κ2) is 10.8. The van der Waals surface area contributed by atoms with Crippen molar-refractivity contribution in [3.8, 4) is 23.0 Å². The molecule has 11 heteroatoms. The fraction of sp³-hybridized carbons (Fsp3) is 0.286. The molecule has 206 valence electrons. The Kier molecular flexibility index (Phi) is 7.62.